The molecular formula is C19H20FN3O6S. The largest absolute Gasteiger partial charge is 0.490 e. The quantitative estimate of drug-likeness (QED) is 0.776. The lowest BCUT2D eigenvalue weighted by atomic mass is 10.2. The summed E-state index contributed by atoms with van der Waals surface area (Å²) in [7, 11) is -3.77. The lowest BCUT2D eigenvalue weighted by molar-refractivity contribution is 0.145. The van der Waals surface area contributed by atoms with Crippen molar-refractivity contribution in [1.29, 1.82) is 0 Å². The van der Waals surface area contributed by atoms with Crippen LogP contribution in [0.25, 0.3) is 0 Å². The topological polar surface area (TPSA) is 109 Å². The number of fused-ring (bicyclic) bond motifs is 1. The first-order chi connectivity index (χ1) is 14.2. The van der Waals surface area contributed by atoms with E-state index in [1.54, 1.807) is 23.1 Å². The molecule has 0 radical (unpaired) electrons. The maximum Gasteiger partial charge on any atom is 0.407 e. The highest BCUT2D eigenvalue weighted by Gasteiger charge is 2.28. The fourth-order valence-electron chi connectivity index (χ4n) is 3.57. The fraction of sp³-hybridized carbons (Fsp3) is 0.368. The molecule has 1 aromatic carbocycles. The number of pyridine rings is 1. The number of carbonyl (C=O) groups is 1. The van der Waals surface area contributed by atoms with E-state index < -0.39 is 26.8 Å². The van der Waals surface area contributed by atoms with Crippen LogP contribution in [-0.2, 0) is 9.84 Å². The van der Waals surface area contributed by atoms with Gasteiger partial charge in [0.15, 0.2) is 20.7 Å². The van der Waals surface area contributed by atoms with Gasteiger partial charge in [-0.1, -0.05) is 0 Å². The van der Waals surface area contributed by atoms with Gasteiger partial charge in [0.1, 0.15) is 24.2 Å². The molecule has 1 fully saturated rings. The van der Waals surface area contributed by atoms with Gasteiger partial charge in [-0.25, -0.2) is 22.6 Å². The van der Waals surface area contributed by atoms with Crippen LogP contribution in [-0.4, -0.2) is 68.1 Å². The third-order valence-corrected chi connectivity index (χ3v) is 5.97. The average Bonchev–Trinajstić information content (AvgIpc) is 3.15. The Kier molecular flexibility index (Phi) is 5.14. The van der Waals surface area contributed by atoms with Gasteiger partial charge < -0.3 is 24.4 Å². The van der Waals surface area contributed by atoms with Gasteiger partial charge in [-0.05, 0) is 12.1 Å². The van der Waals surface area contributed by atoms with Crippen LogP contribution in [0.3, 0.4) is 0 Å². The second-order valence-corrected chi connectivity index (χ2v) is 9.07. The Morgan fingerprint density at radius 3 is 2.80 bits per heavy atom. The van der Waals surface area contributed by atoms with Crippen molar-refractivity contribution < 1.29 is 32.2 Å². The number of nitrogens with zero attached hydrogens (tertiary/aromatic N) is 3. The molecule has 2 aliphatic rings. The number of likely N-dealkylation sites (tertiary alicyclic amines) is 1. The molecule has 1 atom stereocenters. The van der Waals surface area contributed by atoms with Crippen LogP contribution in [0, 0.1) is 5.82 Å². The van der Waals surface area contributed by atoms with Gasteiger partial charge in [0, 0.05) is 31.4 Å². The summed E-state index contributed by atoms with van der Waals surface area (Å²) in [5, 5.41) is 8.48. The molecule has 3 heterocycles. The first kappa shape index (κ1) is 20.2. The van der Waals surface area contributed by atoms with Gasteiger partial charge in [0.05, 0.1) is 30.7 Å². The van der Waals surface area contributed by atoms with Crippen LogP contribution in [0.4, 0.5) is 20.6 Å². The first-order valence-corrected chi connectivity index (χ1v) is 11.2. The predicted octanol–water partition coefficient (Wildman–Crippen LogP) is 2.29. The normalized spacial score (nSPS) is 18.7. The zero-order chi connectivity index (χ0) is 21.5. The molecule has 1 unspecified atom stereocenters. The van der Waals surface area contributed by atoms with Gasteiger partial charge >= 0.3 is 6.09 Å². The van der Waals surface area contributed by atoms with Crippen molar-refractivity contribution in [2.75, 3.05) is 37.4 Å². The Bertz CT molecular complexity index is 1090. The van der Waals surface area contributed by atoms with E-state index in [0.717, 1.165) is 12.3 Å². The van der Waals surface area contributed by atoms with E-state index in [2.05, 4.69) is 4.98 Å². The Morgan fingerprint density at radius 1 is 1.33 bits per heavy atom. The molecule has 0 bridgehead atoms. The molecule has 2 aromatic rings. The molecule has 1 aromatic heterocycles. The summed E-state index contributed by atoms with van der Waals surface area (Å²) in [4.78, 5) is 17.9. The first-order valence-electron chi connectivity index (χ1n) is 9.27. The predicted molar refractivity (Wildman–Crippen MR) is 105 cm³/mol. The van der Waals surface area contributed by atoms with Crippen molar-refractivity contribution in [3.63, 3.8) is 0 Å². The number of halogens is 1. The number of ether oxygens (including phenoxy) is 2. The maximum atomic E-state index is 14.4. The number of anilines is 2. The Hall–Kier alpha value is -3.08. The smallest absolute Gasteiger partial charge is 0.407 e. The summed E-state index contributed by atoms with van der Waals surface area (Å²) >= 11 is 0. The molecule has 1 N–H and O–H groups in total. The monoisotopic (exact) mass is 437 g/mol. The lowest BCUT2D eigenvalue weighted by Gasteiger charge is -2.31. The molecule has 9 nitrogen and oxygen atoms in total. The molecule has 1 amide bonds. The van der Waals surface area contributed by atoms with Crippen molar-refractivity contribution in [3.8, 4) is 11.5 Å². The number of hydrogen-bond donors (Lipinski definition) is 1. The van der Waals surface area contributed by atoms with E-state index in [1.165, 1.54) is 11.1 Å². The van der Waals surface area contributed by atoms with Crippen LogP contribution in [0.5, 0.6) is 11.5 Å². The summed E-state index contributed by atoms with van der Waals surface area (Å²) in [6.45, 7) is 1.47. The van der Waals surface area contributed by atoms with E-state index in [9.17, 15) is 17.6 Å². The lowest BCUT2D eigenvalue weighted by Crippen LogP contribution is -2.30. The summed E-state index contributed by atoms with van der Waals surface area (Å²) < 4.78 is 49.2. The summed E-state index contributed by atoms with van der Waals surface area (Å²) in [5.74, 6) is 0.178. The number of amides is 1. The van der Waals surface area contributed by atoms with Crippen LogP contribution in [0.2, 0.25) is 0 Å². The van der Waals surface area contributed by atoms with Gasteiger partial charge in [0.2, 0.25) is 0 Å². The number of benzene rings is 1. The van der Waals surface area contributed by atoms with E-state index >= 15 is 0 Å². The number of aromatic nitrogens is 1. The molecule has 0 aliphatic carbocycles. The minimum Gasteiger partial charge on any atom is -0.490 e. The highest BCUT2D eigenvalue weighted by Crippen LogP contribution is 2.39. The molecule has 30 heavy (non-hydrogen) atoms. The van der Waals surface area contributed by atoms with Crippen LogP contribution in [0.1, 0.15) is 6.42 Å². The van der Waals surface area contributed by atoms with Crippen LogP contribution >= 0.6 is 0 Å². The van der Waals surface area contributed by atoms with Crippen molar-refractivity contribution >= 4 is 27.3 Å². The number of hydrogen-bond acceptors (Lipinski definition) is 7. The van der Waals surface area contributed by atoms with Crippen LogP contribution < -0.4 is 14.4 Å². The molecule has 160 valence electrons. The van der Waals surface area contributed by atoms with E-state index in [0.29, 0.717) is 49.0 Å². The summed E-state index contributed by atoms with van der Waals surface area (Å²) in [6.07, 6.45) is 1.57. The third-order valence-electron chi connectivity index (χ3n) is 4.97. The molecule has 2 aliphatic heterocycles. The minimum absolute atomic E-state index is 0.259. The number of sulfone groups is 1. The van der Waals surface area contributed by atoms with Gasteiger partial charge in [-0.15, -0.1) is 0 Å². The van der Waals surface area contributed by atoms with Crippen molar-refractivity contribution in [2.45, 2.75) is 17.6 Å². The van der Waals surface area contributed by atoms with E-state index in [1.807, 2.05) is 0 Å². The van der Waals surface area contributed by atoms with Crippen LogP contribution in [0.15, 0.2) is 35.5 Å². The molecule has 11 heteroatoms. The second-order valence-electron chi connectivity index (χ2n) is 7.14. The van der Waals surface area contributed by atoms with Gasteiger partial charge in [0.25, 0.3) is 0 Å². The van der Waals surface area contributed by atoms with Gasteiger partial charge in [-0.2, -0.15) is 0 Å². The molecule has 0 spiro atoms. The Morgan fingerprint density at radius 2 is 2.13 bits per heavy atom. The number of carboxylic acid groups (broad SMARTS) is 1. The molecule has 4 rings (SSSR count). The second kappa shape index (κ2) is 7.63. The Labute approximate surface area is 172 Å². The molecule has 0 saturated carbocycles. The van der Waals surface area contributed by atoms with Crippen molar-refractivity contribution in [3.05, 3.63) is 36.3 Å². The van der Waals surface area contributed by atoms with E-state index in [-0.39, 0.29) is 12.6 Å². The summed E-state index contributed by atoms with van der Waals surface area (Å²) in [5.41, 5.74) is 1.01. The zero-order valence-electron chi connectivity index (χ0n) is 16.1. The minimum atomic E-state index is -3.77. The van der Waals surface area contributed by atoms with E-state index in [4.69, 9.17) is 14.6 Å². The fourth-order valence-corrected chi connectivity index (χ4v) is 4.22. The third kappa shape index (κ3) is 3.97. The molecular weight excluding hydrogens is 417 g/mol. The highest BCUT2D eigenvalue weighted by atomic mass is 32.2. The SMILES string of the molecule is CS(=O)(=O)c1ncc(N2CCOc3ccc(OC4CCN(C(=O)O)C4)cc32)cc1F. The summed E-state index contributed by atoms with van der Waals surface area (Å²) in [6, 6.07) is 6.33. The molecule has 1 saturated heterocycles. The number of rotatable bonds is 4. The van der Waals surface area contributed by atoms with Crippen molar-refractivity contribution in [2.24, 2.45) is 0 Å². The van der Waals surface area contributed by atoms with Crippen molar-refractivity contribution in [1.82, 2.24) is 9.88 Å². The zero-order valence-corrected chi connectivity index (χ0v) is 16.9. The standard InChI is InChI=1S/C19H20FN3O6S/c1-30(26,27)18-15(20)8-12(10-21-18)23-6-7-28-17-3-2-13(9-16(17)23)29-14-4-5-22(11-14)19(24)25/h2-3,8-10,14H,4-7,11H2,1H3,(H,24,25). The average molecular weight is 437 g/mol. The Balaban J connectivity index is 1.60. The maximum absolute atomic E-state index is 14.4. The highest BCUT2D eigenvalue weighted by molar-refractivity contribution is 7.90. The van der Waals surface area contributed by atoms with Gasteiger partial charge in [-0.3, -0.25) is 0 Å².